The summed E-state index contributed by atoms with van der Waals surface area (Å²) in [5.41, 5.74) is 0.129. The fourth-order valence-electron chi connectivity index (χ4n) is 2.60. The lowest BCUT2D eigenvalue weighted by Gasteiger charge is -2.49. The van der Waals surface area contributed by atoms with Crippen LogP contribution in [0.2, 0.25) is 0 Å². The van der Waals surface area contributed by atoms with E-state index in [1.54, 1.807) is 4.90 Å². The molecule has 0 aromatic heterocycles. The van der Waals surface area contributed by atoms with Crippen molar-refractivity contribution in [2.24, 2.45) is 0 Å². The summed E-state index contributed by atoms with van der Waals surface area (Å²) in [6, 6.07) is 0.170. The summed E-state index contributed by atoms with van der Waals surface area (Å²) in [6.45, 7) is 10.1. The van der Waals surface area contributed by atoms with Gasteiger partial charge in [-0.05, 0) is 20.8 Å². The van der Waals surface area contributed by atoms with Crippen molar-refractivity contribution in [1.29, 1.82) is 5.26 Å². The molecule has 0 aliphatic carbocycles. The number of carbonyl (C=O) groups excluding carboxylic acids is 1. The lowest BCUT2D eigenvalue weighted by Crippen LogP contribution is -2.65. The van der Waals surface area contributed by atoms with E-state index in [2.05, 4.69) is 31.9 Å². The summed E-state index contributed by atoms with van der Waals surface area (Å²) in [5.74, 6) is 0.0939. The number of hydrogen-bond acceptors (Lipinski definition) is 4. The number of hydrogen-bond donors (Lipinski definition) is 0. The van der Waals surface area contributed by atoms with Crippen molar-refractivity contribution in [3.05, 3.63) is 0 Å². The van der Waals surface area contributed by atoms with Gasteiger partial charge in [-0.2, -0.15) is 5.26 Å². The van der Waals surface area contributed by atoms with Gasteiger partial charge in [-0.3, -0.25) is 14.6 Å². The van der Waals surface area contributed by atoms with Crippen LogP contribution in [0.3, 0.4) is 0 Å². The van der Waals surface area contributed by atoms with E-state index in [1.165, 1.54) is 0 Å². The molecule has 2 aliphatic rings. The fourth-order valence-corrected chi connectivity index (χ4v) is 2.60. The molecule has 2 saturated heterocycles. The second-order valence-electron chi connectivity index (χ2n) is 5.84. The molecule has 94 valence electrons. The molecular weight excluding hydrogens is 216 g/mol. The first-order valence-corrected chi connectivity index (χ1v) is 6.11. The first kappa shape index (κ1) is 12.2. The van der Waals surface area contributed by atoms with Gasteiger partial charge in [0.25, 0.3) is 0 Å². The highest BCUT2D eigenvalue weighted by Gasteiger charge is 2.38. The molecule has 17 heavy (non-hydrogen) atoms. The Bertz CT molecular complexity index is 354. The third-order valence-electron chi connectivity index (χ3n) is 3.65. The van der Waals surface area contributed by atoms with E-state index in [0.29, 0.717) is 6.54 Å². The standard InChI is InChI=1S/C12H20N4O/c1-12(2,3)15-4-5-16-10(7-15)6-14(9-13)8-11(16)17/h10H,4-8H2,1-3H3/t10-/m0/s1. The lowest BCUT2D eigenvalue weighted by atomic mass is 10.0. The molecule has 5 heteroatoms. The van der Waals surface area contributed by atoms with E-state index in [1.807, 2.05) is 4.90 Å². The molecule has 2 aliphatic heterocycles. The van der Waals surface area contributed by atoms with Crippen LogP contribution in [0.4, 0.5) is 0 Å². The van der Waals surface area contributed by atoms with Crippen LogP contribution in [0.5, 0.6) is 0 Å². The molecule has 2 fully saturated rings. The van der Waals surface area contributed by atoms with Crippen LogP contribution >= 0.6 is 0 Å². The molecule has 2 heterocycles. The van der Waals surface area contributed by atoms with Crippen molar-refractivity contribution in [2.45, 2.75) is 32.4 Å². The molecule has 5 nitrogen and oxygen atoms in total. The van der Waals surface area contributed by atoms with E-state index in [-0.39, 0.29) is 24.0 Å². The Hall–Kier alpha value is -1.28. The third kappa shape index (κ3) is 2.37. The SMILES string of the molecule is CC(C)(C)N1CCN2C(=O)CN(C#N)C[C@H]2C1. The summed E-state index contributed by atoms with van der Waals surface area (Å²) < 4.78 is 0. The molecule has 0 saturated carbocycles. The topological polar surface area (TPSA) is 50.6 Å². The normalized spacial score (nSPS) is 26.7. The minimum Gasteiger partial charge on any atom is -0.334 e. The van der Waals surface area contributed by atoms with Gasteiger partial charge in [-0.25, -0.2) is 0 Å². The van der Waals surface area contributed by atoms with Gasteiger partial charge in [0.1, 0.15) is 6.54 Å². The molecule has 0 aromatic carbocycles. The van der Waals surface area contributed by atoms with Crippen LogP contribution < -0.4 is 0 Å². The van der Waals surface area contributed by atoms with Gasteiger partial charge in [0, 0.05) is 25.2 Å². The maximum absolute atomic E-state index is 11.9. The molecule has 0 aromatic rings. The van der Waals surface area contributed by atoms with Crippen molar-refractivity contribution in [2.75, 3.05) is 32.7 Å². The number of fused-ring (bicyclic) bond motifs is 1. The van der Waals surface area contributed by atoms with Crippen molar-refractivity contribution >= 4 is 5.91 Å². The fraction of sp³-hybridized carbons (Fsp3) is 0.833. The molecule has 0 radical (unpaired) electrons. The number of amides is 1. The first-order chi connectivity index (χ1) is 7.91. The molecule has 2 rings (SSSR count). The van der Waals surface area contributed by atoms with E-state index in [4.69, 9.17) is 5.26 Å². The Morgan fingerprint density at radius 1 is 1.29 bits per heavy atom. The highest BCUT2D eigenvalue weighted by atomic mass is 16.2. The molecule has 0 unspecified atom stereocenters. The van der Waals surface area contributed by atoms with Gasteiger partial charge >= 0.3 is 0 Å². The van der Waals surface area contributed by atoms with Gasteiger partial charge in [0.15, 0.2) is 6.19 Å². The number of nitriles is 1. The zero-order valence-electron chi connectivity index (χ0n) is 10.8. The van der Waals surface area contributed by atoms with E-state index in [0.717, 1.165) is 19.6 Å². The smallest absolute Gasteiger partial charge is 0.243 e. The molecular formula is C12H20N4O. The van der Waals surface area contributed by atoms with Gasteiger partial charge in [0.05, 0.1) is 12.6 Å². The monoisotopic (exact) mass is 236 g/mol. The predicted molar refractivity (Wildman–Crippen MR) is 64.0 cm³/mol. The maximum Gasteiger partial charge on any atom is 0.243 e. The van der Waals surface area contributed by atoms with E-state index in [9.17, 15) is 4.79 Å². The van der Waals surface area contributed by atoms with Crippen LogP contribution in [0.25, 0.3) is 0 Å². The molecule has 0 spiro atoms. The Morgan fingerprint density at radius 2 is 2.00 bits per heavy atom. The van der Waals surface area contributed by atoms with Crippen molar-refractivity contribution in [1.82, 2.24) is 14.7 Å². The van der Waals surface area contributed by atoms with Crippen LogP contribution in [0, 0.1) is 11.5 Å². The summed E-state index contributed by atoms with van der Waals surface area (Å²) in [6.07, 6.45) is 2.09. The lowest BCUT2D eigenvalue weighted by molar-refractivity contribution is -0.143. The highest BCUT2D eigenvalue weighted by molar-refractivity contribution is 5.79. The Labute approximate surface area is 103 Å². The van der Waals surface area contributed by atoms with Crippen LogP contribution in [0.15, 0.2) is 0 Å². The zero-order chi connectivity index (χ0) is 12.6. The number of nitrogens with zero attached hydrogens (tertiary/aromatic N) is 4. The van der Waals surface area contributed by atoms with Crippen molar-refractivity contribution in [3.8, 4) is 6.19 Å². The summed E-state index contributed by atoms with van der Waals surface area (Å²) in [5, 5.41) is 8.92. The average Bonchev–Trinajstić information content (AvgIpc) is 2.27. The molecule has 0 N–H and O–H groups in total. The quantitative estimate of drug-likeness (QED) is 0.560. The minimum absolute atomic E-state index is 0.0939. The third-order valence-corrected chi connectivity index (χ3v) is 3.65. The van der Waals surface area contributed by atoms with E-state index >= 15 is 0 Å². The van der Waals surface area contributed by atoms with Crippen molar-refractivity contribution in [3.63, 3.8) is 0 Å². The van der Waals surface area contributed by atoms with Crippen molar-refractivity contribution < 1.29 is 4.79 Å². The number of rotatable bonds is 0. The second kappa shape index (κ2) is 4.19. The molecule has 0 bridgehead atoms. The summed E-state index contributed by atoms with van der Waals surface area (Å²) in [4.78, 5) is 17.8. The number of carbonyl (C=O) groups is 1. The van der Waals surface area contributed by atoms with Gasteiger partial charge in [-0.1, -0.05) is 0 Å². The van der Waals surface area contributed by atoms with Gasteiger partial charge < -0.3 is 4.90 Å². The van der Waals surface area contributed by atoms with Gasteiger partial charge in [0.2, 0.25) is 5.91 Å². The molecule has 1 amide bonds. The van der Waals surface area contributed by atoms with E-state index < -0.39 is 0 Å². The Morgan fingerprint density at radius 3 is 2.59 bits per heavy atom. The highest BCUT2D eigenvalue weighted by Crippen LogP contribution is 2.22. The average molecular weight is 236 g/mol. The Balaban J connectivity index is 2.08. The van der Waals surface area contributed by atoms with Crippen LogP contribution in [0.1, 0.15) is 20.8 Å². The Kier molecular flexibility index (Phi) is 3.00. The summed E-state index contributed by atoms with van der Waals surface area (Å²) in [7, 11) is 0. The largest absolute Gasteiger partial charge is 0.334 e. The summed E-state index contributed by atoms with van der Waals surface area (Å²) >= 11 is 0. The number of piperazine rings is 2. The van der Waals surface area contributed by atoms with Gasteiger partial charge in [-0.15, -0.1) is 0 Å². The minimum atomic E-state index is 0.0939. The zero-order valence-corrected chi connectivity index (χ0v) is 10.8. The second-order valence-corrected chi connectivity index (χ2v) is 5.84. The van der Waals surface area contributed by atoms with Crippen LogP contribution in [-0.2, 0) is 4.79 Å². The maximum atomic E-state index is 11.9. The van der Waals surface area contributed by atoms with Crippen LogP contribution in [-0.4, -0.2) is 64.9 Å². The molecule has 1 atom stereocenters. The predicted octanol–water partition coefficient (Wildman–Crippen LogP) is 0.0944. The first-order valence-electron chi connectivity index (χ1n) is 6.11.